The van der Waals surface area contributed by atoms with E-state index < -0.39 is 25.6 Å². The Morgan fingerprint density at radius 1 is 1.09 bits per heavy atom. The Balaban J connectivity index is 1.27. The van der Waals surface area contributed by atoms with Gasteiger partial charge in [-0.25, -0.2) is 28.6 Å². The number of hydrogen-bond acceptors (Lipinski definition) is 9. The fourth-order valence-corrected chi connectivity index (χ4v) is 6.20. The molecule has 0 amide bonds. The fourth-order valence-electron chi connectivity index (χ4n) is 6.20. The van der Waals surface area contributed by atoms with Crippen LogP contribution in [0.4, 0.5) is 8.78 Å². The number of nitrogens with zero attached hydrogens (tertiary/aromatic N) is 5. The van der Waals surface area contributed by atoms with Gasteiger partial charge in [-0.2, -0.15) is 10.1 Å². The molecule has 3 N–H and O–H groups in total. The molecule has 1 aliphatic heterocycles. The molecule has 238 valence electrons. The summed E-state index contributed by atoms with van der Waals surface area (Å²) in [7, 11) is 0. The first-order chi connectivity index (χ1) is 21.8. The van der Waals surface area contributed by atoms with Crippen LogP contribution in [0.5, 0.6) is 0 Å². The average molecular weight is 623 g/mol. The highest BCUT2D eigenvalue weighted by molar-refractivity contribution is 6.04. The number of ether oxygens (including phenoxy) is 1. The third-order valence-electron chi connectivity index (χ3n) is 8.44. The van der Waals surface area contributed by atoms with Crippen LogP contribution in [-0.2, 0) is 22.4 Å². The summed E-state index contributed by atoms with van der Waals surface area (Å²) < 4.78 is 34.4. The third kappa shape index (κ3) is 6.52. The monoisotopic (exact) mass is 622 g/mol. The Bertz CT molecular complexity index is 1720. The Morgan fingerprint density at radius 2 is 1.82 bits per heavy atom. The first-order valence-corrected chi connectivity index (χ1v) is 15.2. The molecule has 2 aromatic carbocycles. The summed E-state index contributed by atoms with van der Waals surface area (Å²) in [5.74, 6) is 0.939. The molecule has 2 aliphatic rings. The van der Waals surface area contributed by atoms with Crippen molar-refractivity contribution in [1.29, 1.82) is 0 Å². The number of aliphatic hydroxyl groups is 2. The largest absolute Gasteiger partial charge is 0.385 e. The zero-order valence-electron chi connectivity index (χ0n) is 24.9. The van der Waals surface area contributed by atoms with Gasteiger partial charge in [0.25, 0.3) is 18.4 Å². The van der Waals surface area contributed by atoms with Crippen molar-refractivity contribution in [3.63, 3.8) is 0 Å². The topological polar surface area (TPSA) is 136 Å². The Labute approximate surface area is 258 Å². The standard InChI is InChI=1S/C32H36F2N6O5/c1-2-5-26-25(16-19-8-10-20(11-9-19)23-6-3-4-7-24(23)29-37-32(43)45-38-29)30(42)39(31-35-18-36-40(26)31)21-12-14-22(15-13-21)44-17-27(41)28(33)34/h3-4,6-11,18,21-22,27-28,32,41,43H,2,5,12-17H2,1H3,(H,37,38). The second kappa shape index (κ2) is 13.5. The minimum atomic E-state index is -2.84. The van der Waals surface area contributed by atoms with Crippen LogP contribution in [0.25, 0.3) is 16.9 Å². The Kier molecular flexibility index (Phi) is 9.31. The number of fused-ring (bicyclic) bond motifs is 1. The quantitative estimate of drug-likeness (QED) is 0.230. The summed E-state index contributed by atoms with van der Waals surface area (Å²) in [5.41, 5.74) is 7.67. The molecule has 6 rings (SSSR count). The molecule has 13 heteroatoms. The predicted octanol–water partition coefficient (Wildman–Crippen LogP) is 3.78. The smallest absolute Gasteiger partial charge is 0.280 e. The SMILES string of the molecule is CCCc1c(Cc2ccc(-c3ccccc3C3=NC(O)ON3)cc2)c(=O)n(C2CCC(OCC(O)C(F)F)CC2)c2ncnn12. The lowest BCUT2D eigenvalue weighted by molar-refractivity contribution is -0.102. The highest BCUT2D eigenvalue weighted by Crippen LogP contribution is 2.31. The number of rotatable bonds is 11. The van der Waals surface area contributed by atoms with Crippen molar-refractivity contribution in [2.24, 2.45) is 4.99 Å². The lowest BCUT2D eigenvalue weighted by Gasteiger charge is -2.31. The molecule has 1 aliphatic carbocycles. The minimum absolute atomic E-state index is 0.102. The summed E-state index contributed by atoms with van der Waals surface area (Å²) >= 11 is 0. The van der Waals surface area contributed by atoms with Crippen molar-refractivity contribution in [3.8, 4) is 11.1 Å². The van der Waals surface area contributed by atoms with Gasteiger partial charge < -0.3 is 14.9 Å². The normalized spacial score (nSPS) is 20.8. The summed E-state index contributed by atoms with van der Waals surface area (Å²) in [6.07, 6.45) is -0.421. The molecule has 11 nitrogen and oxygen atoms in total. The van der Waals surface area contributed by atoms with Crippen LogP contribution in [0.2, 0.25) is 0 Å². The molecule has 4 aromatic rings. The van der Waals surface area contributed by atoms with Crippen LogP contribution >= 0.6 is 0 Å². The second-order valence-electron chi connectivity index (χ2n) is 11.4. The van der Waals surface area contributed by atoms with Crippen molar-refractivity contribution in [1.82, 2.24) is 24.6 Å². The average Bonchev–Trinajstić information content (AvgIpc) is 3.72. The number of nitrogens with one attached hydrogen (secondary N) is 1. The molecule has 45 heavy (non-hydrogen) atoms. The van der Waals surface area contributed by atoms with E-state index in [0.717, 1.165) is 34.4 Å². The molecule has 2 atom stereocenters. The van der Waals surface area contributed by atoms with E-state index >= 15 is 0 Å². The number of alkyl halides is 2. The first kappa shape index (κ1) is 31.0. The third-order valence-corrected chi connectivity index (χ3v) is 8.44. The molecule has 0 spiro atoms. The van der Waals surface area contributed by atoms with Gasteiger partial charge in [0.05, 0.1) is 18.4 Å². The van der Waals surface area contributed by atoms with Crippen LogP contribution in [0.1, 0.15) is 67.5 Å². The van der Waals surface area contributed by atoms with Gasteiger partial charge in [-0.15, -0.1) is 0 Å². The van der Waals surface area contributed by atoms with Gasteiger partial charge in [-0.1, -0.05) is 61.9 Å². The maximum absolute atomic E-state index is 14.2. The molecule has 0 radical (unpaired) electrons. The Hall–Kier alpha value is -4.04. The zero-order valence-corrected chi connectivity index (χ0v) is 24.9. The number of hydroxylamine groups is 1. The van der Waals surface area contributed by atoms with E-state index in [2.05, 4.69) is 27.5 Å². The summed E-state index contributed by atoms with van der Waals surface area (Å²) in [6.45, 7) is 1.65. The van der Waals surface area contributed by atoms with Gasteiger partial charge in [0.15, 0.2) is 5.84 Å². The fraction of sp³-hybridized carbons (Fsp3) is 0.438. The minimum Gasteiger partial charge on any atom is -0.385 e. The number of halogens is 2. The molecule has 3 heterocycles. The number of aliphatic hydroxyl groups excluding tert-OH is 2. The van der Waals surface area contributed by atoms with Crippen LogP contribution < -0.4 is 11.0 Å². The number of benzene rings is 2. The van der Waals surface area contributed by atoms with Crippen molar-refractivity contribution in [3.05, 3.63) is 87.6 Å². The van der Waals surface area contributed by atoms with Gasteiger partial charge in [-0.05, 0) is 48.8 Å². The van der Waals surface area contributed by atoms with Gasteiger partial charge in [0.2, 0.25) is 5.78 Å². The predicted molar refractivity (Wildman–Crippen MR) is 162 cm³/mol. The van der Waals surface area contributed by atoms with Gasteiger partial charge in [0.1, 0.15) is 12.4 Å². The maximum atomic E-state index is 14.2. The lowest BCUT2D eigenvalue weighted by Crippen LogP contribution is -2.36. The lowest BCUT2D eigenvalue weighted by atomic mass is 9.92. The van der Waals surface area contributed by atoms with Crippen LogP contribution in [0.3, 0.4) is 0 Å². The molecule has 0 saturated heterocycles. The van der Waals surface area contributed by atoms with Crippen LogP contribution in [0.15, 0.2) is 64.6 Å². The first-order valence-electron chi connectivity index (χ1n) is 15.2. The molecule has 0 bridgehead atoms. The highest BCUT2D eigenvalue weighted by Gasteiger charge is 2.29. The maximum Gasteiger partial charge on any atom is 0.280 e. The van der Waals surface area contributed by atoms with Crippen LogP contribution in [0, 0.1) is 0 Å². The molecule has 1 fully saturated rings. The van der Waals surface area contributed by atoms with Gasteiger partial charge in [0, 0.05) is 23.6 Å². The number of aliphatic imine (C=N–C) groups is 1. The molecular formula is C32H36F2N6O5. The van der Waals surface area contributed by atoms with Crippen molar-refractivity contribution in [2.75, 3.05) is 6.61 Å². The molecule has 2 aromatic heterocycles. The number of amidine groups is 1. The van der Waals surface area contributed by atoms with E-state index in [9.17, 15) is 23.8 Å². The van der Waals surface area contributed by atoms with E-state index in [-0.39, 0.29) is 17.7 Å². The number of aryl methyl sites for hydroxylation is 1. The van der Waals surface area contributed by atoms with Gasteiger partial charge >= 0.3 is 0 Å². The molecular weight excluding hydrogens is 586 g/mol. The van der Waals surface area contributed by atoms with E-state index in [1.807, 2.05) is 48.5 Å². The van der Waals surface area contributed by atoms with Crippen LogP contribution in [-0.4, -0.2) is 66.9 Å². The summed E-state index contributed by atoms with van der Waals surface area (Å²) in [5, 5.41) is 23.6. The van der Waals surface area contributed by atoms with E-state index in [1.54, 1.807) is 9.08 Å². The van der Waals surface area contributed by atoms with Gasteiger partial charge in [-0.3, -0.25) is 9.36 Å². The number of aromatic nitrogens is 4. The van der Waals surface area contributed by atoms with E-state index in [4.69, 9.17) is 9.57 Å². The number of hydrogen-bond donors (Lipinski definition) is 3. The molecule has 2 unspecified atom stereocenters. The zero-order chi connectivity index (χ0) is 31.5. The second-order valence-corrected chi connectivity index (χ2v) is 11.4. The highest BCUT2D eigenvalue weighted by atomic mass is 19.3. The Morgan fingerprint density at radius 3 is 2.49 bits per heavy atom. The molecule has 1 saturated carbocycles. The summed E-state index contributed by atoms with van der Waals surface area (Å²) in [6, 6.07) is 15.5. The van der Waals surface area contributed by atoms with Crippen molar-refractivity contribution < 1.29 is 28.6 Å². The van der Waals surface area contributed by atoms with Crippen molar-refractivity contribution >= 4 is 11.6 Å². The van der Waals surface area contributed by atoms with Crippen molar-refractivity contribution in [2.45, 2.75) is 83.0 Å². The van der Waals surface area contributed by atoms with E-state index in [1.165, 1.54) is 6.33 Å². The van der Waals surface area contributed by atoms with E-state index in [0.29, 0.717) is 55.7 Å². The summed E-state index contributed by atoms with van der Waals surface area (Å²) in [4.78, 5) is 27.8.